The van der Waals surface area contributed by atoms with Gasteiger partial charge in [-0.2, -0.15) is 10.1 Å². The number of rotatable bonds is 7. The first-order valence-corrected chi connectivity index (χ1v) is 11.9. The monoisotopic (exact) mass is 504 g/mol. The molecule has 0 fully saturated rings. The molecule has 2 aliphatic rings. The second kappa shape index (κ2) is 9.90. The molecule has 5 rings (SSSR count). The Hall–Kier alpha value is -4.45. The minimum atomic E-state index is -0.266. The Morgan fingerprint density at radius 2 is 2.19 bits per heavy atom. The quantitative estimate of drug-likeness (QED) is 0.470. The van der Waals surface area contributed by atoms with Crippen LogP contribution in [-0.4, -0.2) is 69.0 Å². The zero-order valence-corrected chi connectivity index (χ0v) is 20.7. The fourth-order valence-corrected chi connectivity index (χ4v) is 4.85. The van der Waals surface area contributed by atoms with Crippen molar-refractivity contribution in [3.8, 4) is 5.75 Å². The van der Waals surface area contributed by atoms with Gasteiger partial charge >= 0.3 is 6.03 Å². The van der Waals surface area contributed by atoms with Gasteiger partial charge in [0.1, 0.15) is 11.6 Å². The zero-order chi connectivity index (χ0) is 26.1. The van der Waals surface area contributed by atoms with Crippen molar-refractivity contribution in [3.63, 3.8) is 0 Å². The number of aliphatic hydroxyl groups is 1. The fraction of sp³-hybridized carbons (Fsp3) is 0.320. The number of urea groups is 1. The number of para-hydroxylation sites is 1. The summed E-state index contributed by atoms with van der Waals surface area (Å²) in [4.78, 5) is 40.1. The maximum atomic E-state index is 13.6. The Kier molecular flexibility index (Phi) is 6.49. The van der Waals surface area contributed by atoms with Gasteiger partial charge < -0.3 is 25.0 Å². The Balaban J connectivity index is 1.44. The molecule has 4 heterocycles. The van der Waals surface area contributed by atoms with Gasteiger partial charge in [-0.1, -0.05) is 18.7 Å². The van der Waals surface area contributed by atoms with E-state index in [0.29, 0.717) is 54.9 Å². The van der Waals surface area contributed by atoms with Crippen molar-refractivity contribution in [1.82, 2.24) is 24.6 Å². The first-order valence-electron chi connectivity index (χ1n) is 11.9. The lowest BCUT2D eigenvalue weighted by Crippen LogP contribution is -2.49. The summed E-state index contributed by atoms with van der Waals surface area (Å²) in [6.07, 6.45) is 6.91. The number of aromatic nitrogens is 4. The van der Waals surface area contributed by atoms with Gasteiger partial charge in [0.2, 0.25) is 11.9 Å². The van der Waals surface area contributed by atoms with Crippen LogP contribution in [-0.2, 0) is 17.9 Å². The molecule has 1 atom stereocenters. The maximum Gasteiger partial charge on any atom is 0.326 e. The molecule has 2 N–H and O–H groups in total. The van der Waals surface area contributed by atoms with Gasteiger partial charge in [0, 0.05) is 37.1 Å². The van der Waals surface area contributed by atoms with Gasteiger partial charge in [0.25, 0.3) is 0 Å². The standard InChI is InChI=1S/C25H28N8O4/c1-4-21(35)32-9-8-19(18-6-5-7-20(37-3)22(18)32)33-14-16-12-26-24(29-23(16)30(2)25(33)36)28-17-13-27-31(15-17)10-11-34/h4-7,12-13,15,19,34H,1,8-11,14H2,2-3H3,(H,26,28,29)/t19-/m1/s1. The zero-order valence-electron chi connectivity index (χ0n) is 20.7. The van der Waals surface area contributed by atoms with Crippen molar-refractivity contribution in [2.75, 3.05) is 42.4 Å². The average Bonchev–Trinajstić information content (AvgIpc) is 3.36. The van der Waals surface area contributed by atoms with Crippen LogP contribution in [0.1, 0.15) is 23.6 Å². The summed E-state index contributed by atoms with van der Waals surface area (Å²) in [6.45, 7) is 4.74. The number of amides is 3. The number of fused-ring (bicyclic) bond motifs is 2. The summed E-state index contributed by atoms with van der Waals surface area (Å²) in [5.74, 6) is 1.21. The molecule has 12 heteroatoms. The van der Waals surface area contributed by atoms with Crippen molar-refractivity contribution in [1.29, 1.82) is 0 Å². The highest BCUT2D eigenvalue weighted by Crippen LogP contribution is 2.45. The van der Waals surface area contributed by atoms with Crippen LogP contribution in [0.2, 0.25) is 0 Å². The molecular weight excluding hydrogens is 476 g/mol. The van der Waals surface area contributed by atoms with Crippen molar-refractivity contribution in [2.45, 2.75) is 25.6 Å². The smallest absolute Gasteiger partial charge is 0.326 e. The number of nitrogens with zero attached hydrogens (tertiary/aromatic N) is 7. The van der Waals surface area contributed by atoms with E-state index >= 15 is 0 Å². The molecule has 2 aliphatic heterocycles. The van der Waals surface area contributed by atoms with Crippen LogP contribution in [0, 0.1) is 0 Å². The summed E-state index contributed by atoms with van der Waals surface area (Å²) in [5.41, 5.74) is 2.97. The Labute approximate surface area is 213 Å². The topological polar surface area (TPSA) is 129 Å². The van der Waals surface area contributed by atoms with Gasteiger partial charge in [0.05, 0.1) is 50.4 Å². The van der Waals surface area contributed by atoms with Gasteiger partial charge in [-0.25, -0.2) is 9.78 Å². The largest absolute Gasteiger partial charge is 0.495 e. The minimum Gasteiger partial charge on any atom is -0.495 e. The summed E-state index contributed by atoms with van der Waals surface area (Å²) < 4.78 is 7.17. The molecular formula is C25H28N8O4. The van der Waals surface area contributed by atoms with Crippen molar-refractivity contribution < 1.29 is 19.4 Å². The molecule has 37 heavy (non-hydrogen) atoms. The van der Waals surface area contributed by atoms with Crippen LogP contribution in [0.4, 0.5) is 27.9 Å². The third-order valence-electron chi connectivity index (χ3n) is 6.57. The van der Waals surface area contributed by atoms with E-state index in [9.17, 15) is 9.59 Å². The van der Waals surface area contributed by atoms with E-state index < -0.39 is 0 Å². The number of aliphatic hydroxyl groups excluding tert-OH is 1. The van der Waals surface area contributed by atoms with Gasteiger partial charge in [-0.3, -0.25) is 14.4 Å². The second-order valence-corrected chi connectivity index (χ2v) is 8.75. The van der Waals surface area contributed by atoms with Crippen LogP contribution >= 0.6 is 0 Å². The highest BCUT2D eigenvalue weighted by Gasteiger charge is 2.39. The number of hydrogen-bond donors (Lipinski definition) is 2. The van der Waals surface area contributed by atoms with Crippen LogP contribution < -0.4 is 19.9 Å². The van der Waals surface area contributed by atoms with Crippen LogP contribution in [0.5, 0.6) is 5.75 Å². The molecule has 0 spiro atoms. The number of nitrogens with one attached hydrogen (secondary N) is 1. The Morgan fingerprint density at radius 1 is 1.35 bits per heavy atom. The van der Waals surface area contributed by atoms with E-state index in [1.54, 1.807) is 53.3 Å². The van der Waals surface area contributed by atoms with E-state index in [2.05, 4.69) is 27.0 Å². The molecule has 3 aromatic rings. The van der Waals surface area contributed by atoms with E-state index in [1.165, 1.54) is 11.0 Å². The molecule has 3 amide bonds. The molecule has 2 aromatic heterocycles. The normalized spacial score (nSPS) is 16.8. The number of methoxy groups -OCH3 is 1. The lowest BCUT2D eigenvalue weighted by molar-refractivity contribution is -0.114. The predicted molar refractivity (Wildman–Crippen MR) is 137 cm³/mol. The van der Waals surface area contributed by atoms with Gasteiger partial charge in [-0.15, -0.1) is 0 Å². The molecule has 12 nitrogen and oxygen atoms in total. The lowest BCUT2D eigenvalue weighted by atomic mass is 9.93. The number of hydrogen-bond acceptors (Lipinski definition) is 8. The van der Waals surface area contributed by atoms with E-state index in [-0.39, 0.29) is 24.6 Å². The number of carbonyl (C=O) groups excluding carboxylic acids is 2. The Bertz CT molecular complexity index is 1360. The molecule has 1 aromatic carbocycles. The molecule has 0 radical (unpaired) electrons. The van der Waals surface area contributed by atoms with Crippen LogP contribution in [0.3, 0.4) is 0 Å². The predicted octanol–water partition coefficient (Wildman–Crippen LogP) is 2.45. The van der Waals surface area contributed by atoms with Crippen molar-refractivity contribution in [2.24, 2.45) is 0 Å². The summed E-state index contributed by atoms with van der Waals surface area (Å²) in [5, 5.41) is 16.3. The molecule has 192 valence electrons. The first-order chi connectivity index (χ1) is 17.9. The third-order valence-corrected chi connectivity index (χ3v) is 6.57. The molecule has 0 bridgehead atoms. The second-order valence-electron chi connectivity index (χ2n) is 8.75. The van der Waals surface area contributed by atoms with Crippen LogP contribution in [0.15, 0.2) is 49.4 Å². The molecule has 0 unspecified atom stereocenters. The summed E-state index contributed by atoms with van der Waals surface area (Å²) in [7, 11) is 3.25. The lowest BCUT2D eigenvalue weighted by Gasteiger charge is -2.43. The first kappa shape index (κ1) is 24.3. The number of anilines is 4. The van der Waals surface area contributed by atoms with Gasteiger partial charge in [-0.05, 0) is 18.6 Å². The minimum absolute atomic E-state index is 0.0132. The molecule has 0 aliphatic carbocycles. The van der Waals surface area contributed by atoms with Gasteiger partial charge in [0.15, 0.2) is 0 Å². The third kappa shape index (κ3) is 4.35. The van der Waals surface area contributed by atoms with E-state index in [0.717, 1.165) is 11.1 Å². The highest BCUT2D eigenvalue weighted by atomic mass is 16.5. The molecule has 0 saturated heterocycles. The number of benzene rings is 1. The average molecular weight is 505 g/mol. The van der Waals surface area contributed by atoms with E-state index in [1.807, 2.05) is 12.1 Å². The highest BCUT2D eigenvalue weighted by molar-refractivity contribution is 6.03. The SMILES string of the molecule is C=CC(=O)N1CC[C@@H](N2Cc3cnc(Nc4cnn(CCO)c4)nc3N(C)C2=O)c2cccc(OC)c21. The maximum absolute atomic E-state index is 13.6. The number of ether oxygens (including phenoxy) is 1. The molecule has 0 saturated carbocycles. The van der Waals surface area contributed by atoms with E-state index in [4.69, 9.17) is 9.84 Å². The van der Waals surface area contributed by atoms with Crippen molar-refractivity contribution in [3.05, 3.63) is 60.6 Å². The summed E-state index contributed by atoms with van der Waals surface area (Å²) >= 11 is 0. The summed E-state index contributed by atoms with van der Waals surface area (Å²) in [6, 6.07) is 5.13. The van der Waals surface area contributed by atoms with Crippen LogP contribution in [0.25, 0.3) is 0 Å². The van der Waals surface area contributed by atoms with Crippen molar-refractivity contribution >= 4 is 35.1 Å². The fourth-order valence-electron chi connectivity index (χ4n) is 4.85. The Morgan fingerprint density at radius 3 is 2.95 bits per heavy atom. The number of carbonyl (C=O) groups is 2.